The second-order valence-corrected chi connectivity index (χ2v) is 5.95. The Balaban J connectivity index is 2.26. The van der Waals surface area contributed by atoms with Gasteiger partial charge in [-0.25, -0.2) is 13.2 Å². The summed E-state index contributed by atoms with van der Waals surface area (Å²) in [4.78, 5) is 10.8. The number of carboxylic acids is 1. The second-order valence-electron chi connectivity index (χ2n) is 4.01. The summed E-state index contributed by atoms with van der Waals surface area (Å²) in [6.07, 6.45) is -0.0811. The molecule has 0 bridgehead atoms. The fraction of sp³-hybridized carbons (Fsp3) is 0.364. The quantitative estimate of drug-likeness (QED) is 0.857. The van der Waals surface area contributed by atoms with E-state index in [-0.39, 0.29) is 16.6 Å². The first-order valence-electron chi connectivity index (χ1n) is 5.31. The Morgan fingerprint density at radius 2 is 2.11 bits per heavy atom. The average molecular weight is 271 g/mol. The summed E-state index contributed by atoms with van der Waals surface area (Å²) >= 11 is 0. The molecule has 1 aromatic carbocycles. The highest BCUT2D eigenvalue weighted by molar-refractivity contribution is 7.89. The van der Waals surface area contributed by atoms with Crippen molar-refractivity contribution in [2.75, 3.05) is 20.2 Å². The molecule has 0 aliphatic carbocycles. The van der Waals surface area contributed by atoms with Gasteiger partial charge < -0.3 is 9.84 Å². The van der Waals surface area contributed by atoms with Gasteiger partial charge in [0, 0.05) is 20.2 Å². The maximum atomic E-state index is 12.1. The lowest BCUT2D eigenvalue weighted by atomic mass is 10.2. The molecule has 0 unspecified atom stereocenters. The van der Waals surface area contributed by atoms with Gasteiger partial charge in [-0.05, 0) is 18.2 Å². The Morgan fingerprint density at radius 3 is 2.67 bits per heavy atom. The maximum absolute atomic E-state index is 12.1. The normalized spacial score (nSPS) is 17.4. The smallest absolute Gasteiger partial charge is 0.335 e. The van der Waals surface area contributed by atoms with Crippen LogP contribution in [0.5, 0.6) is 0 Å². The van der Waals surface area contributed by atoms with Crippen LogP contribution < -0.4 is 0 Å². The highest BCUT2D eigenvalue weighted by Gasteiger charge is 2.36. The summed E-state index contributed by atoms with van der Waals surface area (Å²) in [7, 11) is -2.08. The van der Waals surface area contributed by atoms with E-state index < -0.39 is 16.0 Å². The van der Waals surface area contributed by atoms with E-state index in [1.807, 2.05) is 0 Å². The molecular formula is C11H13NO5S. The third-order valence-electron chi connectivity index (χ3n) is 2.87. The maximum Gasteiger partial charge on any atom is 0.335 e. The molecule has 0 radical (unpaired) electrons. The molecule has 1 heterocycles. The summed E-state index contributed by atoms with van der Waals surface area (Å²) in [5.41, 5.74) is -0.0418. The van der Waals surface area contributed by atoms with E-state index in [2.05, 4.69) is 0 Å². The molecule has 0 spiro atoms. The van der Waals surface area contributed by atoms with Crippen LogP contribution in [0.4, 0.5) is 0 Å². The fourth-order valence-corrected chi connectivity index (χ4v) is 3.23. The first kappa shape index (κ1) is 13.0. The van der Waals surface area contributed by atoms with Crippen molar-refractivity contribution in [1.29, 1.82) is 0 Å². The van der Waals surface area contributed by atoms with Gasteiger partial charge in [-0.3, -0.25) is 0 Å². The molecule has 1 N–H and O–H groups in total. The average Bonchev–Trinajstić information content (AvgIpc) is 2.27. The van der Waals surface area contributed by atoms with Crippen LogP contribution in [-0.2, 0) is 14.8 Å². The number of carboxylic acid groups (broad SMARTS) is 1. The predicted molar refractivity (Wildman–Crippen MR) is 63.0 cm³/mol. The number of nitrogens with zero attached hydrogens (tertiary/aromatic N) is 1. The van der Waals surface area contributed by atoms with Crippen LogP contribution in [0.1, 0.15) is 10.4 Å². The molecule has 1 aliphatic heterocycles. The Morgan fingerprint density at radius 1 is 1.44 bits per heavy atom. The zero-order valence-electron chi connectivity index (χ0n) is 9.74. The number of benzene rings is 1. The Kier molecular flexibility index (Phi) is 3.38. The summed E-state index contributed by atoms with van der Waals surface area (Å²) in [5.74, 6) is -1.15. The van der Waals surface area contributed by atoms with E-state index in [9.17, 15) is 13.2 Å². The topological polar surface area (TPSA) is 83.9 Å². The van der Waals surface area contributed by atoms with Gasteiger partial charge in [0.1, 0.15) is 0 Å². The van der Waals surface area contributed by atoms with Crippen LogP contribution in [-0.4, -0.2) is 50.1 Å². The highest BCUT2D eigenvalue weighted by Crippen LogP contribution is 2.23. The molecule has 18 heavy (non-hydrogen) atoms. The largest absolute Gasteiger partial charge is 0.478 e. The monoisotopic (exact) mass is 271 g/mol. The summed E-state index contributed by atoms with van der Waals surface area (Å²) in [5, 5.41) is 8.84. The van der Waals surface area contributed by atoms with E-state index in [4.69, 9.17) is 9.84 Å². The van der Waals surface area contributed by atoms with Gasteiger partial charge in [0.15, 0.2) is 0 Å². The SMILES string of the molecule is COC1CN(S(=O)(=O)c2cccc(C(=O)O)c2)C1. The van der Waals surface area contributed by atoms with Crippen molar-refractivity contribution in [1.82, 2.24) is 4.31 Å². The summed E-state index contributed by atoms with van der Waals surface area (Å²) in [6.45, 7) is 0.603. The first-order chi connectivity index (χ1) is 8.45. The molecule has 1 fully saturated rings. The second kappa shape index (κ2) is 4.68. The molecular weight excluding hydrogens is 258 g/mol. The number of rotatable bonds is 4. The lowest BCUT2D eigenvalue weighted by Gasteiger charge is -2.36. The van der Waals surface area contributed by atoms with Crippen molar-refractivity contribution in [3.63, 3.8) is 0 Å². The number of hydrogen-bond donors (Lipinski definition) is 1. The first-order valence-corrected chi connectivity index (χ1v) is 6.75. The zero-order valence-corrected chi connectivity index (χ0v) is 10.6. The summed E-state index contributed by atoms with van der Waals surface area (Å²) in [6, 6.07) is 5.33. The van der Waals surface area contributed by atoms with Gasteiger partial charge in [0.05, 0.1) is 16.6 Å². The number of aromatic carboxylic acids is 1. The van der Waals surface area contributed by atoms with E-state index in [1.165, 1.54) is 29.6 Å². The standard InChI is InChI=1S/C11H13NO5S/c1-17-9-6-12(7-9)18(15,16)10-4-2-3-8(5-10)11(13)14/h2-5,9H,6-7H2,1H3,(H,13,14). The third-order valence-corrected chi connectivity index (χ3v) is 4.69. The van der Waals surface area contributed by atoms with E-state index >= 15 is 0 Å². The lowest BCUT2D eigenvalue weighted by Crippen LogP contribution is -2.54. The van der Waals surface area contributed by atoms with Crippen molar-refractivity contribution in [3.05, 3.63) is 29.8 Å². The molecule has 0 saturated carbocycles. The van der Waals surface area contributed by atoms with Gasteiger partial charge in [-0.1, -0.05) is 6.07 Å². The van der Waals surface area contributed by atoms with Crippen LogP contribution in [0.25, 0.3) is 0 Å². The number of methoxy groups -OCH3 is 1. The highest BCUT2D eigenvalue weighted by atomic mass is 32.2. The Hall–Kier alpha value is -1.44. The molecule has 1 saturated heterocycles. The predicted octanol–water partition coefficient (Wildman–Crippen LogP) is 0.404. The number of hydrogen-bond acceptors (Lipinski definition) is 4. The fourth-order valence-electron chi connectivity index (χ4n) is 1.68. The van der Waals surface area contributed by atoms with Gasteiger partial charge in [-0.15, -0.1) is 0 Å². The number of sulfonamides is 1. The van der Waals surface area contributed by atoms with Crippen LogP contribution >= 0.6 is 0 Å². The molecule has 98 valence electrons. The van der Waals surface area contributed by atoms with Gasteiger partial charge in [-0.2, -0.15) is 4.31 Å². The molecule has 6 nitrogen and oxygen atoms in total. The number of ether oxygens (including phenoxy) is 1. The minimum absolute atomic E-state index is 0.00282. The Labute approximate surface area is 105 Å². The van der Waals surface area contributed by atoms with Crippen molar-refractivity contribution in [2.45, 2.75) is 11.0 Å². The van der Waals surface area contributed by atoms with Crippen molar-refractivity contribution >= 4 is 16.0 Å². The molecule has 1 aliphatic rings. The minimum atomic E-state index is -3.61. The summed E-state index contributed by atoms with van der Waals surface area (Å²) < 4.78 is 30.5. The van der Waals surface area contributed by atoms with Crippen LogP contribution in [0.3, 0.4) is 0 Å². The molecule has 7 heteroatoms. The van der Waals surface area contributed by atoms with Crippen molar-refractivity contribution in [3.8, 4) is 0 Å². The van der Waals surface area contributed by atoms with E-state index in [0.29, 0.717) is 13.1 Å². The minimum Gasteiger partial charge on any atom is -0.478 e. The van der Waals surface area contributed by atoms with Crippen LogP contribution in [0.15, 0.2) is 29.2 Å². The van der Waals surface area contributed by atoms with Crippen molar-refractivity contribution in [2.24, 2.45) is 0 Å². The van der Waals surface area contributed by atoms with Gasteiger partial charge >= 0.3 is 5.97 Å². The molecule has 0 amide bonds. The van der Waals surface area contributed by atoms with Gasteiger partial charge in [0.25, 0.3) is 0 Å². The molecule has 2 rings (SSSR count). The Bertz CT molecular complexity index is 563. The molecule has 1 aromatic rings. The van der Waals surface area contributed by atoms with Crippen LogP contribution in [0, 0.1) is 0 Å². The third kappa shape index (κ3) is 2.24. The number of carbonyl (C=O) groups is 1. The molecule has 0 atom stereocenters. The van der Waals surface area contributed by atoms with E-state index in [0.717, 1.165) is 6.07 Å². The lowest BCUT2D eigenvalue weighted by molar-refractivity contribution is 0.0125. The molecule has 0 aromatic heterocycles. The van der Waals surface area contributed by atoms with E-state index in [1.54, 1.807) is 0 Å². The van der Waals surface area contributed by atoms with Gasteiger partial charge in [0.2, 0.25) is 10.0 Å². The van der Waals surface area contributed by atoms with Crippen LogP contribution in [0.2, 0.25) is 0 Å². The zero-order chi connectivity index (χ0) is 13.3. The van der Waals surface area contributed by atoms with Crippen molar-refractivity contribution < 1.29 is 23.1 Å².